The molecule has 0 saturated carbocycles. The number of methoxy groups -OCH3 is 1. The molecule has 0 aromatic carbocycles. The van der Waals surface area contributed by atoms with E-state index in [-0.39, 0.29) is 11.9 Å². The maximum absolute atomic E-state index is 12.9. The largest absolute Gasteiger partial charge is 0.383 e. The monoisotopic (exact) mass is 378 g/mol. The van der Waals surface area contributed by atoms with E-state index < -0.39 is 5.60 Å². The molecule has 2 aliphatic heterocycles. The summed E-state index contributed by atoms with van der Waals surface area (Å²) in [6.07, 6.45) is 0.775. The number of nitrogen functional groups attached to an aromatic ring is 1. The fraction of sp³-hybridized carbons (Fsp3) is 0.722. The molecule has 3 N–H and O–H groups in total. The number of nitrogens with zero attached hydrogens (tertiary/aromatic N) is 5. The van der Waals surface area contributed by atoms with Gasteiger partial charge in [0.25, 0.3) is 5.91 Å². The lowest BCUT2D eigenvalue weighted by atomic mass is 9.89. The summed E-state index contributed by atoms with van der Waals surface area (Å²) >= 11 is 0. The van der Waals surface area contributed by atoms with Crippen LogP contribution in [0.3, 0.4) is 0 Å². The number of rotatable bonds is 5. The van der Waals surface area contributed by atoms with Gasteiger partial charge in [0, 0.05) is 77.5 Å². The van der Waals surface area contributed by atoms with E-state index in [4.69, 9.17) is 10.5 Å². The minimum atomic E-state index is -1.29. The minimum absolute atomic E-state index is 0.146. The van der Waals surface area contributed by atoms with Gasteiger partial charge in [0.1, 0.15) is 11.4 Å². The lowest BCUT2D eigenvalue weighted by Crippen LogP contribution is -2.59. The van der Waals surface area contributed by atoms with Crippen LogP contribution in [0.15, 0.2) is 6.07 Å². The van der Waals surface area contributed by atoms with E-state index in [1.165, 1.54) is 0 Å². The van der Waals surface area contributed by atoms with Crippen molar-refractivity contribution in [2.45, 2.75) is 25.4 Å². The maximum Gasteiger partial charge on any atom is 0.254 e. The fourth-order valence-electron chi connectivity index (χ4n) is 3.75. The number of aryl methyl sites for hydroxylation is 1. The van der Waals surface area contributed by atoms with Crippen molar-refractivity contribution in [1.82, 2.24) is 19.8 Å². The van der Waals surface area contributed by atoms with Crippen LogP contribution in [0, 0.1) is 6.92 Å². The molecule has 2 fully saturated rings. The van der Waals surface area contributed by atoms with Crippen LogP contribution in [0.2, 0.25) is 0 Å². The third-order valence-corrected chi connectivity index (χ3v) is 5.44. The summed E-state index contributed by atoms with van der Waals surface area (Å²) in [5, 5.41) is 11.0. The molecule has 0 bridgehead atoms. The number of nitrogens with two attached hydrogens (primary N) is 1. The number of hydrogen-bond donors (Lipinski definition) is 2. The number of aromatic nitrogens is 2. The lowest BCUT2D eigenvalue weighted by Gasteiger charge is -2.42. The Morgan fingerprint density at radius 3 is 2.48 bits per heavy atom. The Labute approximate surface area is 160 Å². The first kappa shape index (κ1) is 19.8. The highest BCUT2D eigenvalue weighted by Gasteiger charge is 2.42. The van der Waals surface area contributed by atoms with Crippen LogP contribution in [0.1, 0.15) is 18.5 Å². The highest BCUT2D eigenvalue weighted by atomic mass is 16.5. The van der Waals surface area contributed by atoms with Gasteiger partial charge >= 0.3 is 0 Å². The number of carbonyl (C=O) groups is 1. The highest BCUT2D eigenvalue weighted by molar-refractivity contribution is 5.85. The van der Waals surface area contributed by atoms with Gasteiger partial charge in [-0.15, -0.1) is 0 Å². The first-order chi connectivity index (χ1) is 12.9. The predicted molar refractivity (Wildman–Crippen MR) is 102 cm³/mol. The summed E-state index contributed by atoms with van der Waals surface area (Å²) in [7, 11) is 1.69. The van der Waals surface area contributed by atoms with E-state index in [1.807, 2.05) is 13.0 Å². The molecule has 3 rings (SSSR count). The summed E-state index contributed by atoms with van der Waals surface area (Å²) in [4.78, 5) is 27.4. The van der Waals surface area contributed by atoms with E-state index in [2.05, 4.69) is 19.8 Å². The van der Waals surface area contributed by atoms with Gasteiger partial charge in [0.05, 0.1) is 6.61 Å². The van der Waals surface area contributed by atoms with Gasteiger partial charge in [-0.1, -0.05) is 0 Å². The molecule has 1 amide bonds. The molecule has 1 aromatic rings. The van der Waals surface area contributed by atoms with Crippen LogP contribution in [-0.2, 0) is 9.53 Å². The third kappa shape index (κ3) is 4.66. The van der Waals surface area contributed by atoms with Crippen molar-refractivity contribution in [3.05, 3.63) is 11.8 Å². The molecule has 0 atom stereocenters. The Morgan fingerprint density at radius 2 is 1.89 bits per heavy atom. The molecule has 0 radical (unpaired) electrons. The number of anilines is 2. The quantitative estimate of drug-likeness (QED) is 0.705. The Morgan fingerprint density at radius 1 is 1.22 bits per heavy atom. The zero-order valence-corrected chi connectivity index (χ0v) is 16.2. The Balaban J connectivity index is 1.55. The Kier molecular flexibility index (Phi) is 6.13. The number of piperazine rings is 1. The second kappa shape index (κ2) is 8.37. The molecule has 1 aromatic heterocycles. The van der Waals surface area contributed by atoms with Gasteiger partial charge in [0.2, 0.25) is 5.95 Å². The number of aliphatic hydroxyl groups is 1. The summed E-state index contributed by atoms with van der Waals surface area (Å²) in [5.41, 5.74) is 5.25. The molecule has 150 valence electrons. The molecule has 3 heterocycles. The summed E-state index contributed by atoms with van der Waals surface area (Å²) < 4.78 is 5.11. The van der Waals surface area contributed by atoms with E-state index >= 15 is 0 Å². The van der Waals surface area contributed by atoms with Gasteiger partial charge in [-0.3, -0.25) is 9.69 Å². The number of carbonyl (C=O) groups excluding carboxylic acids is 1. The van der Waals surface area contributed by atoms with Crippen molar-refractivity contribution in [3.63, 3.8) is 0 Å². The second-order valence-electron chi connectivity index (χ2n) is 7.37. The van der Waals surface area contributed by atoms with Crippen LogP contribution >= 0.6 is 0 Å². The number of piperidine rings is 1. The maximum atomic E-state index is 12.9. The molecule has 0 spiro atoms. The van der Waals surface area contributed by atoms with Crippen molar-refractivity contribution in [3.8, 4) is 0 Å². The third-order valence-electron chi connectivity index (χ3n) is 5.44. The second-order valence-corrected chi connectivity index (χ2v) is 7.37. The molecule has 2 saturated heterocycles. The average Bonchev–Trinajstić information content (AvgIpc) is 2.66. The van der Waals surface area contributed by atoms with Crippen LogP contribution < -0.4 is 10.6 Å². The molecule has 9 heteroatoms. The van der Waals surface area contributed by atoms with Crippen LogP contribution in [0.4, 0.5) is 11.8 Å². The van der Waals surface area contributed by atoms with Crippen molar-refractivity contribution in [1.29, 1.82) is 0 Å². The van der Waals surface area contributed by atoms with Crippen molar-refractivity contribution < 1.29 is 14.6 Å². The molecule has 0 unspecified atom stereocenters. The Bertz CT molecular complexity index is 634. The van der Waals surface area contributed by atoms with Crippen molar-refractivity contribution in [2.75, 3.05) is 70.2 Å². The van der Waals surface area contributed by atoms with Crippen LogP contribution in [0.25, 0.3) is 0 Å². The molecule has 0 aliphatic carbocycles. The molecule has 9 nitrogen and oxygen atoms in total. The van der Waals surface area contributed by atoms with Crippen molar-refractivity contribution in [2.24, 2.45) is 0 Å². The van der Waals surface area contributed by atoms with E-state index in [9.17, 15) is 9.90 Å². The van der Waals surface area contributed by atoms with Gasteiger partial charge < -0.3 is 25.4 Å². The van der Waals surface area contributed by atoms with Crippen molar-refractivity contribution >= 4 is 17.7 Å². The van der Waals surface area contributed by atoms with Gasteiger partial charge in [-0.2, -0.15) is 4.98 Å². The molecular formula is C18H30N6O3. The minimum Gasteiger partial charge on any atom is -0.383 e. The van der Waals surface area contributed by atoms with E-state index in [1.54, 1.807) is 12.0 Å². The summed E-state index contributed by atoms with van der Waals surface area (Å²) in [6, 6.07) is 1.88. The van der Waals surface area contributed by atoms with Gasteiger partial charge in [0.15, 0.2) is 0 Å². The van der Waals surface area contributed by atoms with E-state index in [0.29, 0.717) is 45.6 Å². The number of ether oxygens (including phenoxy) is 1. The van der Waals surface area contributed by atoms with Crippen LogP contribution in [0.5, 0.6) is 0 Å². The van der Waals surface area contributed by atoms with E-state index in [0.717, 1.165) is 31.1 Å². The fourth-order valence-corrected chi connectivity index (χ4v) is 3.75. The summed E-state index contributed by atoms with van der Waals surface area (Å²) in [5.74, 6) is 0.849. The highest BCUT2D eigenvalue weighted by Crippen LogP contribution is 2.28. The topological polar surface area (TPSA) is 108 Å². The number of hydrogen-bond acceptors (Lipinski definition) is 8. The zero-order chi connectivity index (χ0) is 19.4. The Hall–Kier alpha value is -1.97. The van der Waals surface area contributed by atoms with Gasteiger partial charge in [-0.25, -0.2) is 4.98 Å². The normalized spacial score (nSPS) is 20.7. The average molecular weight is 378 g/mol. The molecule has 27 heavy (non-hydrogen) atoms. The number of amides is 1. The standard InChI is InChI=1S/C18H30N6O3/c1-14-13-15(21-17(19)20-14)23-5-3-18(26,4-6-23)16(25)24-9-7-22(8-10-24)11-12-27-2/h13,26H,3-12H2,1-2H3,(H2,19,20,21). The smallest absolute Gasteiger partial charge is 0.254 e. The molecular weight excluding hydrogens is 348 g/mol. The first-order valence-corrected chi connectivity index (χ1v) is 9.50. The molecule has 2 aliphatic rings. The SMILES string of the molecule is COCCN1CCN(C(=O)C2(O)CCN(c3cc(C)nc(N)n3)CC2)CC1. The zero-order valence-electron chi connectivity index (χ0n) is 16.2. The first-order valence-electron chi connectivity index (χ1n) is 9.50. The lowest BCUT2D eigenvalue weighted by molar-refractivity contribution is -0.155. The summed E-state index contributed by atoms with van der Waals surface area (Å²) in [6.45, 7) is 7.50. The predicted octanol–water partition coefficient (Wildman–Crippen LogP) is -0.511. The van der Waals surface area contributed by atoms with Gasteiger partial charge in [-0.05, 0) is 6.92 Å². The van der Waals surface area contributed by atoms with Crippen LogP contribution in [-0.4, -0.2) is 95.9 Å².